The number of imidazole rings is 1. The molecule has 0 radical (unpaired) electrons. The van der Waals surface area contributed by atoms with Crippen LogP contribution in [0.2, 0.25) is 0 Å². The number of benzene rings is 1. The number of rotatable bonds is 3. The van der Waals surface area contributed by atoms with Gasteiger partial charge in [0.2, 0.25) is 5.95 Å². The topological polar surface area (TPSA) is 76.8 Å². The van der Waals surface area contributed by atoms with Crippen molar-refractivity contribution in [1.29, 1.82) is 0 Å². The van der Waals surface area contributed by atoms with Crippen LogP contribution in [0.4, 0.5) is 13.2 Å². The highest BCUT2D eigenvalue weighted by Crippen LogP contribution is 2.39. The zero-order valence-corrected chi connectivity index (χ0v) is 18.4. The average molecular weight is 470 g/mol. The lowest BCUT2D eigenvalue weighted by Gasteiger charge is -2.35. The van der Waals surface area contributed by atoms with E-state index < -0.39 is 23.6 Å². The molecule has 1 atom stereocenters. The summed E-state index contributed by atoms with van der Waals surface area (Å²) in [5, 5.41) is 0.542. The summed E-state index contributed by atoms with van der Waals surface area (Å²) in [5.74, 6) is -1.26. The van der Waals surface area contributed by atoms with Gasteiger partial charge in [0.1, 0.15) is 11.6 Å². The van der Waals surface area contributed by atoms with Gasteiger partial charge in [0.15, 0.2) is 16.6 Å². The Balaban J connectivity index is 1.65. The van der Waals surface area contributed by atoms with Gasteiger partial charge in [0.25, 0.3) is 5.91 Å². The fraction of sp³-hybridized carbons (Fsp3) is 0.227. The number of amides is 1. The second-order valence-electron chi connectivity index (χ2n) is 7.64. The number of aromatic nitrogens is 5. The molecule has 5 rings (SSSR count). The van der Waals surface area contributed by atoms with Crippen molar-refractivity contribution >= 4 is 17.4 Å². The van der Waals surface area contributed by atoms with Gasteiger partial charge in [-0.2, -0.15) is 8.76 Å². The van der Waals surface area contributed by atoms with E-state index in [4.69, 9.17) is 0 Å². The Morgan fingerprint density at radius 3 is 2.58 bits per heavy atom. The van der Waals surface area contributed by atoms with Gasteiger partial charge in [-0.05, 0) is 49.6 Å². The third-order valence-electron chi connectivity index (χ3n) is 5.58. The van der Waals surface area contributed by atoms with Gasteiger partial charge in [0, 0.05) is 30.3 Å². The van der Waals surface area contributed by atoms with E-state index in [2.05, 4.69) is 19.3 Å². The highest BCUT2D eigenvalue weighted by atomic mass is 32.1. The quantitative estimate of drug-likeness (QED) is 0.415. The molecule has 0 N–H and O–H groups in total. The number of carbonyl (C=O) groups is 1. The number of hydrogen-bond donors (Lipinski definition) is 0. The highest BCUT2D eigenvalue weighted by Gasteiger charge is 2.35. The number of pyridine rings is 1. The molecule has 3 aromatic heterocycles. The first-order chi connectivity index (χ1) is 15.8. The van der Waals surface area contributed by atoms with Crippen LogP contribution >= 0.6 is 11.5 Å². The Kier molecular flexibility index (Phi) is 5.20. The largest absolute Gasteiger partial charge is 0.329 e. The maximum absolute atomic E-state index is 14.7. The SMILES string of the molecule is Cc1nsc(-c2nc(-c3cc(F)ncc3F)c3n2CCN(C(=O)c2ccc(F)cc2)[C@@H]3C)n1. The molecule has 4 heterocycles. The molecule has 33 heavy (non-hydrogen) atoms. The van der Waals surface area contributed by atoms with E-state index in [1.165, 1.54) is 24.3 Å². The first kappa shape index (κ1) is 21.3. The Hall–Kier alpha value is -3.60. The molecule has 0 spiro atoms. The molecule has 0 bridgehead atoms. The standard InChI is InChI=1S/C22H17F3N6OS/c1-11-19-18(15-9-17(25)26-10-16(15)24)28-20(21-27-12(2)29-33-21)31(19)8-7-30(11)22(32)13-3-5-14(23)6-4-13/h3-6,9-11H,7-8H2,1-2H3/t11-/m1/s1. The van der Waals surface area contributed by atoms with Crippen LogP contribution in [0.3, 0.4) is 0 Å². The zero-order valence-electron chi connectivity index (χ0n) is 17.6. The molecule has 1 amide bonds. The van der Waals surface area contributed by atoms with Crippen LogP contribution in [0, 0.1) is 24.5 Å². The minimum atomic E-state index is -0.843. The van der Waals surface area contributed by atoms with Crippen molar-refractivity contribution in [2.45, 2.75) is 26.4 Å². The minimum Gasteiger partial charge on any atom is -0.329 e. The molecule has 7 nitrogen and oxygen atoms in total. The maximum atomic E-state index is 14.7. The Bertz CT molecular complexity index is 1370. The van der Waals surface area contributed by atoms with Crippen LogP contribution in [0.15, 0.2) is 36.5 Å². The molecule has 1 aliphatic rings. The van der Waals surface area contributed by atoms with Crippen molar-refractivity contribution in [3.63, 3.8) is 0 Å². The molecule has 0 saturated carbocycles. The molecule has 0 fully saturated rings. The van der Waals surface area contributed by atoms with E-state index in [9.17, 15) is 18.0 Å². The third kappa shape index (κ3) is 3.67. The van der Waals surface area contributed by atoms with Crippen LogP contribution in [0.5, 0.6) is 0 Å². The molecule has 168 valence electrons. The summed E-state index contributed by atoms with van der Waals surface area (Å²) in [6.07, 6.45) is 0.806. The number of carbonyl (C=O) groups excluding carboxylic acids is 1. The van der Waals surface area contributed by atoms with Gasteiger partial charge >= 0.3 is 0 Å². The second-order valence-corrected chi connectivity index (χ2v) is 8.39. The van der Waals surface area contributed by atoms with Crippen molar-refractivity contribution in [2.24, 2.45) is 0 Å². The van der Waals surface area contributed by atoms with E-state index in [0.717, 1.165) is 23.8 Å². The molecule has 1 aromatic carbocycles. The van der Waals surface area contributed by atoms with Gasteiger partial charge in [0.05, 0.1) is 23.6 Å². The van der Waals surface area contributed by atoms with E-state index in [-0.39, 0.29) is 17.2 Å². The van der Waals surface area contributed by atoms with E-state index in [1.807, 2.05) is 4.57 Å². The van der Waals surface area contributed by atoms with Crippen molar-refractivity contribution in [2.75, 3.05) is 6.54 Å². The summed E-state index contributed by atoms with van der Waals surface area (Å²) in [6.45, 7) is 4.26. The van der Waals surface area contributed by atoms with Gasteiger partial charge in [-0.25, -0.2) is 23.7 Å². The van der Waals surface area contributed by atoms with E-state index >= 15 is 0 Å². The first-order valence-electron chi connectivity index (χ1n) is 10.1. The van der Waals surface area contributed by atoms with Crippen LogP contribution in [0.1, 0.15) is 34.8 Å². The molecule has 11 heteroatoms. The predicted octanol–water partition coefficient (Wildman–Crippen LogP) is 4.41. The molecule has 4 aromatic rings. The number of halogens is 3. The Labute approximate surface area is 190 Å². The Morgan fingerprint density at radius 1 is 1.12 bits per heavy atom. The lowest BCUT2D eigenvalue weighted by Crippen LogP contribution is -2.41. The molecule has 0 saturated heterocycles. The number of nitrogens with zero attached hydrogens (tertiary/aromatic N) is 6. The van der Waals surface area contributed by atoms with Crippen LogP contribution in [0.25, 0.3) is 22.1 Å². The smallest absolute Gasteiger partial charge is 0.254 e. The van der Waals surface area contributed by atoms with Gasteiger partial charge < -0.3 is 9.47 Å². The van der Waals surface area contributed by atoms with Gasteiger partial charge in [-0.1, -0.05) is 0 Å². The number of hydrogen-bond acceptors (Lipinski definition) is 6. The normalized spacial score (nSPS) is 15.5. The zero-order chi connectivity index (χ0) is 23.3. The fourth-order valence-electron chi connectivity index (χ4n) is 4.04. The maximum Gasteiger partial charge on any atom is 0.254 e. The fourth-order valence-corrected chi connectivity index (χ4v) is 4.71. The average Bonchev–Trinajstić information content (AvgIpc) is 3.40. The lowest BCUT2D eigenvalue weighted by molar-refractivity contribution is 0.0645. The highest BCUT2D eigenvalue weighted by molar-refractivity contribution is 7.09. The summed E-state index contributed by atoms with van der Waals surface area (Å²) >= 11 is 1.16. The summed E-state index contributed by atoms with van der Waals surface area (Å²) < 4.78 is 48.0. The van der Waals surface area contributed by atoms with Crippen LogP contribution < -0.4 is 0 Å². The number of fused-ring (bicyclic) bond motifs is 1. The Morgan fingerprint density at radius 2 is 1.88 bits per heavy atom. The van der Waals surface area contributed by atoms with E-state index in [1.54, 1.807) is 18.7 Å². The molecular formula is C22H17F3N6OS. The monoisotopic (exact) mass is 470 g/mol. The van der Waals surface area contributed by atoms with Gasteiger partial charge in [-0.3, -0.25) is 4.79 Å². The van der Waals surface area contributed by atoms with Crippen molar-refractivity contribution in [3.05, 3.63) is 71.2 Å². The van der Waals surface area contributed by atoms with Crippen molar-refractivity contribution in [3.8, 4) is 22.1 Å². The first-order valence-corrected chi connectivity index (χ1v) is 10.9. The molecule has 0 aliphatic carbocycles. The van der Waals surface area contributed by atoms with Crippen molar-refractivity contribution < 1.29 is 18.0 Å². The molecule has 0 unspecified atom stereocenters. The minimum absolute atomic E-state index is 0.0540. The predicted molar refractivity (Wildman–Crippen MR) is 115 cm³/mol. The summed E-state index contributed by atoms with van der Waals surface area (Å²) in [4.78, 5) is 27.2. The van der Waals surface area contributed by atoms with Gasteiger partial charge in [-0.15, -0.1) is 0 Å². The summed E-state index contributed by atoms with van der Waals surface area (Å²) in [6, 6.07) is 5.75. The van der Waals surface area contributed by atoms with Crippen molar-refractivity contribution in [1.82, 2.24) is 28.8 Å². The third-order valence-corrected chi connectivity index (χ3v) is 6.38. The number of aryl methyl sites for hydroxylation is 1. The summed E-state index contributed by atoms with van der Waals surface area (Å²) in [5.41, 5.74) is 1.03. The summed E-state index contributed by atoms with van der Waals surface area (Å²) in [7, 11) is 0. The molecule has 1 aliphatic heterocycles. The van der Waals surface area contributed by atoms with E-state index in [0.29, 0.717) is 41.0 Å². The molecular weight excluding hydrogens is 453 g/mol. The second kappa shape index (κ2) is 8.07. The van der Waals surface area contributed by atoms with Crippen LogP contribution in [-0.4, -0.2) is 41.2 Å². The lowest BCUT2D eigenvalue weighted by atomic mass is 10.0. The van der Waals surface area contributed by atoms with Crippen LogP contribution in [-0.2, 0) is 6.54 Å².